The van der Waals surface area contributed by atoms with Crippen molar-refractivity contribution in [2.24, 2.45) is 21.7 Å². The number of ether oxygens (including phenoxy) is 4. The number of ketones is 2. The van der Waals surface area contributed by atoms with E-state index in [-0.39, 0.29) is 108 Å². The second-order valence-corrected chi connectivity index (χ2v) is 22.4. The number of aromatic hydroxyl groups is 2. The van der Waals surface area contributed by atoms with Crippen molar-refractivity contribution in [3.05, 3.63) is 119 Å². The highest BCUT2D eigenvalue weighted by Crippen LogP contribution is 2.48. The van der Waals surface area contributed by atoms with Crippen LogP contribution in [0.4, 0.5) is 4.79 Å². The van der Waals surface area contributed by atoms with Gasteiger partial charge in [0.05, 0.1) is 37.1 Å². The maximum atomic E-state index is 14.2. The van der Waals surface area contributed by atoms with Gasteiger partial charge in [-0.3, -0.25) is 33.8 Å². The molecule has 2 aliphatic carbocycles. The third kappa shape index (κ3) is 16.0. The zero-order valence-electron chi connectivity index (χ0n) is 42.5. The molecule has 14 nitrogen and oxygen atoms in total. The Labute approximate surface area is 417 Å². The first-order valence-corrected chi connectivity index (χ1v) is 24.5. The summed E-state index contributed by atoms with van der Waals surface area (Å²) in [5, 5.41) is 21.7. The van der Waals surface area contributed by atoms with E-state index in [0.717, 1.165) is 18.9 Å². The largest absolute Gasteiger partial charge is 0.507 e. The number of rotatable bonds is 19. The van der Waals surface area contributed by atoms with Crippen LogP contribution in [0.3, 0.4) is 0 Å². The van der Waals surface area contributed by atoms with Crippen LogP contribution in [0.2, 0.25) is 0 Å². The lowest BCUT2D eigenvalue weighted by molar-refractivity contribution is -0.156. The van der Waals surface area contributed by atoms with E-state index in [1.54, 1.807) is 65.6 Å². The van der Waals surface area contributed by atoms with Crippen molar-refractivity contribution in [1.29, 1.82) is 0 Å². The van der Waals surface area contributed by atoms with Crippen LogP contribution in [0.15, 0.2) is 97.1 Å². The van der Waals surface area contributed by atoms with E-state index in [1.165, 1.54) is 35.2 Å². The maximum absolute atomic E-state index is 14.2. The first-order chi connectivity index (χ1) is 33.3. The number of esters is 3. The van der Waals surface area contributed by atoms with Crippen LogP contribution in [0.25, 0.3) is 0 Å². The van der Waals surface area contributed by atoms with Crippen molar-refractivity contribution in [2.75, 3.05) is 26.3 Å². The van der Waals surface area contributed by atoms with Crippen molar-refractivity contribution < 1.29 is 57.9 Å². The maximum Gasteiger partial charge on any atom is 0.416 e. The molecule has 0 saturated heterocycles. The van der Waals surface area contributed by atoms with Gasteiger partial charge in [-0.05, 0) is 84.5 Å². The highest BCUT2D eigenvalue weighted by molar-refractivity contribution is 6.11. The lowest BCUT2D eigenvalue weighted by Gasteiger charge is -2.44. The fourth-order valence-corrected chi connectivity index (χ4v) is 11.0. The van der Waals surface area contributed by atoms with Gasteiger partial charge in [0, 0.05) is 42.9 Å². The van der Waals surface area contributed by atoms with E-state index < -0.39 is 41.3 Å². The average molecular weight is 975 g/mol. The minimum absolute atomic E-state index is 0.00114. The Balaban J connectivity index is 1.20. The number of benzene rings is 4. The molecule has 6 rings (SSSR count). The molecule has 380 valence electrons. The molecule has 2 saturated carbocycles. The van der Waals surface area contributed by atoms with Gasteiger partial charge >= 0.3 is 24.0 Å². The molecule has 0 aliphatic heterocycles. The summed E-state index contributed by atoms with van der Waals surface area (Å²) in [6.45, 7) is 16.8. The molecule has 0 heterocycles. The Morgan fingerprint density at radius 3 is 1.30 bits per heavy atom. The summed E-state index contributed by atoms with van der Waals surface area (Å²) in [6, 6.07) is 24.7. The van der Waals surface area contributed by atoms with Gasteiger partial charge in [-0.25, -0.2) is 4.79 Å². The molecule has 0 atom stereocenters. The minimum Gasteiger partial charge on any atom is -0.507 e. The number of hydrogen-bond donors (Lipinski definition) is 2. The predicted molar refractivity (Wildman–Crippen MR) is 267 cm³/mol. The van der Waals surface area contributed by atoms with Crippen molar-refractivity contribution >= 4 is 35.6 Å². The Bertz CT molecular complexity index is 2520. The van der Waals surface area contributed by atoms with Gasteiger partial charge in [0.25, 0.3) is 0 Å². The molecule has 0 spiro atoms. The van der Waals surface area contributed by atoms with Crippen molar-refractivity contribution in [3.63, 3.8) is 0 Å². The molecule has 1 amide bonds. The molecular weight excluding hydrogens is 905 g/mol. The summed E-state index contributed by atoms with van der Waals surface area (Å²) in [7, 11) is 0. The van der Waals surface area contributed by atoms with E-state index in [1.807, 2.05) is 0 Å². The number of nitrogens with zero attached hydrogens (tertiary/aromatic N) is 2. The highest BCUT2D eigenvalue weighted by atomic mass is 16.6. The van der Waals surface area contributed by atoms with Gasteiger partial charge in [0.1, 0.15) is 35.2 Å². The Kier molecular flexibility index (Phi) is 17.2. The number of carbonyl (C=O) groups excluding carboxylic acids is 6. The third-order valence-corrected chi connectivity index (χ3v) is 13.0. The van der Waals surface area contributed by atoms with Crippen LogP contribution in [-0.4, -0.2) is 94.1 Å². The van der Waals surface area contributed by atoms with Gasteiger partial charge in [-0.2, -0.15) is 0 Å². The lowest BCUT2D eigenvalue weighted by atomic mass is 9.64. The normalized spacial score (nSPS) is 17.1. The van der Waals surface area contributed by atoms with E-state index in [0.29, 0.717) is 36.8 Å². The van der Waals surface area contributed by atoms with Crippen LogP contribution in [0, 0.1) is 21.7 Å². The molecule has 71 heavy (non-hydrogen) atoms. The highest BCUT2D eigenvalue weighted by Gasteiger charge is 2.41. The Morgan fingerprint density at radius 1 is 0.507 bits per heavy atom. The summed E-state index contributed by atoms with van der Waals surface area (Å²) >= 11 is 0. The second-order valence-electron chi connectivity index (χ2n) is 22.4. The summed E-state index contributed by atoms with van der Waals surface area (Å²) < 4.78 is 23.4. The van der Waals surface area contributed by atoms with Crippen molar-refractivity contribution in [3.8, 4) is 23.0 Å². The van der Waals surface area contributed by atoms with Gasteiger partial charge in [-0.1, -0.05) is 116 Å². The number of phenols is 2. The van der Waals surface area contributed by atoms with E-state index in [9.17, 15) is 39.0 Å². The zero-order valence-corrected chi connectivity index (χ0v) is 42.5. The molecule has 2 aliphatic rings. The number of hydrogen-bond acceptors (Lipinski definition) is 13. The third-order valence-electron chi connectivity index (χ3n) is 13.0. The zero-order chi connectivity index (χ0) is 51.7. The van der Waals surface area contributed by atoms with Crippen LogP contribution in [0.1, 0.15) is 145 Å². The van der Waals surface area contributed by atoms with Gasteiger partial charge < -0.3 is 29.2 Å². The molecule has 4 aromatic carbocycles. The predicted octanol–water partition coefficient (Wildman–Crippen LogP) is 10.7. The fraction of sp³-hybridized carbons (Fsp3) is 0.474. The molecule has 2 fully saturated rings. The summed E-state index contributed by atoms with van der Waals surface area (Å²) in [5.41, 5.74) is 0.601. The first-order valence-electron chi connectivity index (χ1n) is 24.5. The molecule has 2 N–H and O–H groups in total. The Hall–Kier alpha value is -6.54. The van der Waals surface area contributed by atoms with Gasteiger partial charge in [0.2, 0.25) is 0 Å². The van der Waals surface area contributed by atoms with Crippen LogP contribution < -0.4 is 9.47 Å². The summed E-state index contributed by atoms with van der Waals surface area (Å²) in [6.07, 6.45) is 2.67. The first kappa shape index (κ1) is 53.8. The second kappa shape index (κ2) is 22.7. The molecule has 0 bridgehead atoms. The van der Waals surface area contributed by atoms with Gasteiger partial charge in [-0.15, -0.1) is 0 Å². The smallest absolute Gasteiger partial charge is 0.416 e. The van der Waals surface area contributed by atoms with Crippen molar-refractivity contribution in [1.82, 2.24) is 9.80 Å². The molecule has 4 aromatic rings. The lowest BCUT2D eigenvalue weighted by Crippen LogP contribution is -2.45. The monoisotopic (exact) mass is 974 g/mol. The average Bonchev–Trinajstić information content (AvgIpc) is 3.26. The minimum atomic E-state index is -0.915. The summed E-state index contributed by atoms with van der Waals surface area (Å²) in [4.78, 5) is 83.9. The van der Waals surface area contributed by atoms with E-state index >= 15 is 0 Å². The SMILES string of the molecule is CC1(C)CC(OC(=O)CCN(CCC(=O)Oc2ccc(C(=O)c3ccccc3)c(O)c2)CN(CCC(=O)OC2CC(C)(C)CC(C)(C)C2)C(=O)Oc2ccc(C(=O)c3ccccc3)c(O)c2)CC(C)(C)C1. The quantitative estimate of drug-likeness (QED) is 0.0392. The van der Waals surface area contributed by atoms with Crippen LogP contribution in [0.5, 0.6) is 23.0 Å². The number of carbonyl (C=O) groups is 6. The standard InChI is InChI=1S/C57H70N2O12/c1-54(2)31-42(32-55(3,4)35-54)69-49(63)24-27-58(26-23-48(62)68-40-19-21-44(46(60)29-40)51(65)38-15-11-9-12-16-38)37-59(28-25-50(64)70-43-33-56(5,6)36-57(7,8)34-43)53(67)71-41-20-22-45(47(61)30-41)52(66)39-17-13-10-14-18-39/h9-22,29-30,42-43,60-61H,23-28,31-37H2,1-8H3. The molecule has 0 radical (unpaired) electrons. The topological polar surface area (TPSA) is 186 Å². The number of amides is 1. The molecule has 14 heteroatoms. The van der Waals surface area contributed by atoms with Crippen molar-refractivity contribution in [2.45, 2.75) is 125 Å². The fourth-order valence-electron chi connectivity index (χ4n) is 11.0. The molecule has 0 unspecified atom stereocenters. The number of phenolic OH excluding ortho intramolecular Hbond substituents is 2. The van der Waals surface area contributed by atoms with E-state index in [2.05, 4.69) is 55.4 Å². The summed E-state index contributed by atoms with van der Waals surface area (Å²) in [5.74, 6) is -3.37. The van der Waals surface area contributed by atoms with Crippen LogP contribution in [-0.2, 0) is 23.9 Å². The van der Waals surface area contributed by atoms with Crippen LogP contribution >= 0.6 is 0 Å². The molecular formula is C57H70N2O12. The molecule has 0 aromatic heterocycles. The Morgan fingerprint density at radius 2 is 0.887 bits per heavy atom. The van der Waals surface area contributed by atoms with E-state index in [4.69, 9.17) is 18.9 Å². The van der Waals surface area contributed by atoms with Gasteiger partial charge in [0.15, 0.2) is 11.6 Å².